The van der Waals surface area contributed by atoms with Gasteiger partial charge in [0.05, 0.1) is 35.1 Å². The molecule has 0 radical (unpaired) electrons. The van der Waals surface area contributed by atoms with E-state index in [9.17, 15) is 14.3 Å². The van der Waals surface area contributed by atoms with E-state index in [0.29, 0.717) is 41.5 Å². The molecule has 2 atom stereocenters. The van der Waals surface area contributed by atoms with Gasteiger partial charge in [-0.3, -0.25) is 4.79 Å². The zero-order chi connectivity index (χ0) is 24.4. The fourth-order valence-electron chi connectivity index (χ4n) is 4.12. The third-order valence-corrected chi connectivity index (χ3v) is 5.99. The number of hydrogen-bond donors (Lipinski definition) is 5. The van der Waals surface area contributed by atoms with Gasteiger partial charge in [0, 0.05) is 42.5 Å². The van der Waals surface area contributed by atoms with Crippen LogP contribution in [0.2, 0.25) is 0 Å². The van der Waals surface area contributed by atoms with E-state index in [2.05, 4.69) is 31.0 Å². The number of aliphatic hydroxyl groups is 1. The molecule has 5 rings (SSSR count). The standard InChI is InChI=1S/C24H24FN7O3/c25-18-9-16(32-8-6-15(13-33)31-32)2-3-20(18)29-23-10-21-14(11-27-23)1-4-22(30-21)28-19-5-7-26-12-17(19)24(34)35/h1-4,6,8-11,17,19,26,33H,5,7,12-13H2,(H,27,29)(H,28,30)(H,34,35)/t17?,19-/m1/s1. The molecule has 0 saturated carbocycles. The van der Waals surface area contributed by atoms with Gasteiger partial charge in [0.2, 0.25) is 0 Å². The molecule has 0 aliphatic carbocycles. The topological polar surface area (TPSA) is 137 Å². The highest BCUT2D eigenvalue weighted by molar-refractivity contribution is 5.82. The van der Waals surface area contributed by atoms with Crippen molar-refractivity contribution in [1.29, 1.82) is 0 Å². The molecule has 180 valence electrons. The lowest BCUT2D eigenvalue weighted by Crippen LogP contribution is -2.47. The summed E-state index contributed by atoms with van der Waals surface area (Å²) in [6.07, 6.45) is 3.97. The van der Waals surface area contributed by atoms with E-state index in [1.165, 1.54) is 10.7 Å². The number of aliphatic hydroxyl groups excluding tert-OH is 1. The number of aliphatic carboxylic acids is 1. The number of halogens is 1. The first-order chi connectivity index (χ1) is 17.0. The van der Waals surface area contributed by atoms with Crippen molar-refractivity contribution >= 4 is 34.2 Å². The molecule has 11 heteroatoms. The summed E-state index contributed by atoms with van der Waals surface area (Å²) < 4.78 is 16.3. The van der Waals surface area contributed by atoms with Crippen molar-refractivity contribution in [3.05, 3.63) is 66.4 Å². The summed E-state index contributed by atoms with van der Waals surface area (Å²) in [7, 11) is 0. The number of anilines is 3. The highest BCUT2D eigenvalue weighted by Gasteiger charge is 2.30. The molecule has 3 aromatic heterocycles. The van der Waals surface area contributed by atoms with Gasteiger partial charge in [0.15, 0.2) is 0 Å². The van der Waals surface area contributed by atoms with Gasteiger partial charge >= 0.3 is 5.97 Å². The minimum absolute atomic E-state index is 0.188. The van der Waals surface area contributed by atoms with E-state index in [1.54, 1.807) is 42.7 Å². The van der Waals surface area contributed by atoms with Crippen LogP contribution in [0.15, 0.2) is 54.9 Å². The van der Waals surface area contributed by atoms with Gasteiger partial charge in [0.25, 0.3) is 0 Å². The summed E-state index contributed by atoms with van der Waals surface area (Å²) in [6.45, 7) is 0.957. The second kappa shape index (κ2) is 9.65. The van der Waals surface area contributed by atoms with Crippen LogP contribution in [0, 0.1) is 11.7 Å². The number of nitrogens with one attached hydrogen (secondary N) is 3. The van der Waals surface area contributed by atoms with E-state index in [-0.39, 0.29) is 18.3 Å². The lowest BCUT2D eigenvalue weighted by Gasteiger charge is -2.30. The number of benzene rings is 1. The number of piperidine rings is 1. The smallest absolute Gasteiger partial charge is 0.309 e. The first-order valence-electron chi connectivity index (χ1n) is 11.2. The molecule has 0 amide bonds. The molecule has 1 aliphatic heterocycles. The Kier molecular flexibility index (Phi) is 6.25. The van der Waals surface area contributed by atoms with E-state index in [1.807, 2.05) is 6.07 Å². The van der Waals surface area contributed by atoms with Crippen LogP contribution in [-0.2, 0) is 11.4 Å². The molecule has 35 heavy (non-hydrogen) atoms. The molecule has 0 bridgehead atoms. The Balaban J connectivity index is 1.35. The maximum atomic E-state index is 14.8. The SMILES string of the molecule is O=C(O)C1CNCC[C@H]1Nc1ccc2cnc(Nc3ccc(-n4ccc(CO)n4)cc3F)cc2n1. The van der Waals surface area contributed by atoms with Crippen molar-refractivity contribution < 1.29 is 19.4 Å². The molecule has 5 N–H and O–H groups in total. The van der Waals surface area contributed by atoms with E-state index in [0.717, 1.165) is 11.9 Å². The number of carboxylic acids is 1. The highest BCUT2D eigenvalue weighted by atomic mass is 19.1. The quantitative estimate of drug-likeness (QED) is 0.272. The zero-order valence-corrected chi connectivity index (χ0v) is 18.6. The van der Waals surface area contributed by atoms with Gasteiger partial charge < -0.3 is 26.2 Å². The molecule has 1 unspecified atom stereocenters. The number of carboxylic acid groups (broad SMARTS) is 1. The van der Waals surface area contributed by atoms with Crippen molar-refractivity contribution in [2.45, 2.75) is 19.1 Å². The number of nitrogens with zero attached hydrogens (tertiary/aromatic N) is 4. The second-order valence-electron chi connectivity index (χ2n) is 8.35. The van der Waals surface area contributed by atoms with Crippen LogP contribution < -0.4 is 16.0 Å². The minimum atomic E-state index is -0.847. The Labute approximate surface area is 199 Å². The summed E-state index contributed by atoms with van der Waals surface area (Å²) in [5.74, 6) is -0.885. The van der Waals surface area contributed by atoms with Gasteiger partial charge in [-0.15, -0.1) is 0 Å². The van der Waals surface area contributed by atoms with Crippen molar-refractivity contribution in [2.75, 3.05) is 23.7 Å². The van der Waals surface area contributed by atoms with Crippen LogP contribution >= 0.6 is 0 Å². The van der Waals surface area contributed by atoms with Crippen LogP contribution in [0.4, 0.5) is 21.7 Å². The fourth-order valence-corrected chi connectivity index (χ4v) is 4.12. The monoisotopic (exact) mass is 477 g/mol. The first kappa shape index (κ1) is 22.7. The van der Waals surface area contributed by atoms with Crippen LogP contribution in [-0.4, -0.2) is 55.1 Å². The van der Waals surface area contributed by atoms with Crippen molar-refractivity contribution in [2.24, 2.45) is 5.92 Å². The number of carbonyl (C=O) groups is 1. The second-order valence-corrected chi connectivity index (χ2v) is 8.35. The number of aromatic nitrogens is 4. The van der Waals surface area contributed by atoms with E-state index in [4.69, 9.17) is 5.11 Å². The summed E-state index contributed by atoms with van der Waals surface area (Å²) in [6, 6.07) is 11.4. The maximum Gasteiger partial charge on any atom is 0.309 e. The molecule has 0 spiro atoms. The summed E-state index contributed by atoms with van der Waals surface area (Å²) in [4.78, 5) is 20.5. The summed E-state index contributed by atoms with van der Waals surface area (Å²) in [5, 5.41) is 33.0. The van der Waals surface area contributed by atoms with Crippen molar-refractivity contribution in [1.82, 2.24) is 25.1 Å². The first-order valence-corrected chi connectivity index (χ1v) is 11.2. The number of hydrogen-bond acceptors (Lipinski definition) is 8. The average molecular weight is 478 g/mol. The molecule has 1 aliphatic rings. The molecule has 4 heterocycles. The Morgan fingerprint density at radius 3 is 2.86 bits per heavy atom. The molecule has 4 aromatic rings. The Hall–Kier alpha value is -4.09. The fraction of sp³-hybridized carbons (Fsp3) is 0.250. The van der Waals surface area contributed by atoms with Crippen LogP contribution in [0.25, 0.3) is 16.6 Å². The normalized spacial score (nSPS) is 17.9. The molecule has 1 aromatic carbocycles. The number of rotatable bonds is 7. The van der Waals surface area contributed by atoms with E-state index < -0.39 is 17.7 Å². The lowest BCUT2D eigenvalue weighted by molar-refractivity contribution is -0.142. The predicted molar refractivity (Wildman–Crippen MR) is 128 cm³/mol. The molecule has 10 nitrogen and oxygen atoms in total. The molecular weight excluding hydrogens is 453 g/mol. The minimum Gasteiger partial charge on any atom is -0.481 e. The number of fused-ring (bicyclic) bond motifs is 1. The van der Waals surface area contributed by atoms with Crippen LogP contribution in [0.1, 0.15) is 12.1 Å². The third kappa shape index (κ3) is 4.91. The molecular formula is C24H24FN7O3. The average Bonchev–Trinajstić information content (AvgIpc) is 3.35. The van der Waals surface area contributed by atoms with Crippen molar-refractivity contribution in [3.8, 4) is 5.69 Å². The Morgan fingerprint density at radius 2 is 2.09 bits per heavy atom. The molecule has 1 fully saturated rings. The molecule has 1 saturated heterocycles. The van der Waals surface area contributed by atoms with Crippen LogP contribution in [0.3, 0.4) is 0 Å². The van der Waals surface area contributed by atoms with E-state index >= 15 is 0 Å². The highest BCUT2D eigenvalue weighted by Crippen LogP contribution is 2.25. The Morgan fingerprint density at radius 1 is 1.20 bits per heavy atom. The number of pyridine rings is 2. The summed E-state index contributed by atoms with van der Waals surface area (Å²) in [5.41, 5.74) is 1.89. The van der Waals surface area contributed by atoms with Gasteiger partial charge in [-0.05, 0) is 43.3 Å². The van der Waals surface area contributed by atoms with Gasteiger partial charge in [-0.2, -0.15) is 5.10 Å². The van der Waals surface area contributed by atoms with Crippen LogP contribution in [0.5, 0.6) is 0 Å². The van der Waals surface area contributed by atoms with Gasteiger partial charge in [0.1, 0.15) is 17.5 Å². The predicted octanol–water partition coefficient (Wildman–Crippen LogP) is 2.67. The lowest BCUT2D eigenvalue weighted by atomic mass is 9.93. The Bertz CT molecular complexity index is 1380. The zero-order valence-electron chi connectivity index (χ0n) is 18.6. The van der Waals surface area contributed by atoms with Gasteiger partial charge in [-0.25, -0.2) is 19.0 Å². The van der Waals surface area contributed by atoms with Crippen molar-refractivity contribution in [3.63, 3.8) is 0 Å². The summed E-state index contributed by atoms with van der Waals surface area (Å²) >= 11 is 0. The van der Waals surface area contributed by atoms with Gasteiger partial charge in [-0.1, -0.05) is 0 Å². The maximum absolute atomic E-state index is 14.8. The largest absolute Gasteiger partial charge is 0.481 e. The third-order valence-electron chi connectivity index (χ3n) is 5.99.